The van der Waals surface area contributed by atoms with Crippen LogP contribution in [0.2, 0.25) is 0 Å². The van der Waals surface area contributed by atoms with Crippen LogP contribution in [0.4, 0.5) is 5.69 Å². The first kappa shape index (κ1) is 29.9. The fourth-order valence-electron chi connectivity index (χ4n) is 4.43. The number of aryl methyl sites for hydroxylation is 2. The molecule has 2 aromatic heterocycles. The third-order valence-corrected chi connectivity index (χ3v) is 6.85. The summed E-state index contributed by atoms with van der Waals surface area (Å²) in [5, 5.41) is 3.63. The first-order chi connectivity index (χ1) is 20.2. The van der Waals surface area contributed by atoms with Gasteiger partial charge in [0.25, 0.3) is 0 Å². The van der Waals surface area contributed by atoms with Crippen molar-refractivity contribution < 1.29 is 23.9 Å². The van der Waals surface area contributed by atoms with Gasteiger partial charge in [-0.2, -0.15) is 0 Å². The van der Waals surface area contributed by atoms with Crippen LogP contribution in [-0.2, 0) is 20.9 Å². The molecule has 0 radical (unpaired) electrons. The monoisotopic (exact) mass is 566 g/mol. The van der Waals surface area contributed by atoms with Crippen molar-refractivity contribution in [2.75, 3.05) is 25.1 Å². The summed E-state index contributed by atoms with van der Waals surface area (Å²) in [5.74, 6) is -0.509. The maximum atomic E-state index is 13.0. The number of nitrogens with zero attached hydrogens (tertiary/aromatic N) is 3. The van der Waals surface area contributed by atoms with Gasteiger partial charge in [0.15, 0.2) is 0 Å². The molecule has 0 atom stereocenters. The Labute approximate surface area is 245 Å². The van der Waals surface area contributed by atoms with Crippen molar-refractivity contribution >= 4 is 40.4 Å². The predicted octanol–water partition coefficient (Wildman–Crippen LogP) is 5.10. The zero-order chi connectivity index (χ0) is 30.2. The number of para-hydroxylation sites is 1. The van der Waals surface area contributed by atoms with E-state index in [2.05, 4.69) is 15.3 Å². The van der Waals surface area contributed by atoms with Crippen LogP contribution in [0, 0.1) is 20.8 Å². The maximum Gasteiger partial charge on any atom is 0.356 e. The van der Waals surface area contributed by atoms with E-state index >= 15 is 0 Å². The van der Waals surface area contributed by atoms with Crippen molar-refractivity contribution in [1.29, 1.82) is 0 Å². The number of fused-ring (bicyclic) bond motifs is 1. The second-order valence-electron chi connectivity index (χ2n) is 9.78. The molecule has 1 N–H and O–H groups in total. The lowest BCUT2D eigenvalue weighted by molar-refractivity contribution is -0.122. The number of likely N-dealkylation sites (N-methyl/N-ethyl adjacent to an activating group) is 1. The van der Waals surface area contributed by atoms with Gasteiger partial charge in [-0.3, -0.25) is 9.59 Å². The van der Waals surface area contributed by atoms with E-state index in [1.807, 2.05) is 63.2 Å². The fourth-order valence-corrected chi connectivity index (χ4v) is 4.43. The molecule has 216 valence electrons. The van der Waals surface area contributed by atoms with Crippen molar-refractivity contribution in [1.82, 2.24) is 15.3 Å². The standard InChI is InChI=1S/C33H34N4O5/c1-6-41-33(40)27-15-12-24(18-34-27)13-17-30(38)35-19-31(39)37(5)28-16-10-21(2)26(23(28)4)20-42-29-9-7-8-25-14-11-22(3)36-32(25)29/h7-18H,6,19-20H2,1-5H3,(H,35,38). The summed E-state index contributed by atoms with van der Waals surface area (Å²) in [6.45, 7) is 8.04. The predicted molar refractivity (Wildman–Crippen MR) is 162 cm³/mol. The van der Waals surface area contributed by atoms with Crippen molar-refractivity contribution in [3.05, 3.63) is 101 Å². The van der Waals surface area contributed by atoms with Crippen LogP contribution in [0.25, 0.3) is 17.0 Å². The van der Waals surface area contributed by atoms with Crippen LogP contribution in [0.3, 0.4) is 0 Å². The van der Waals surface area contributed by atoms with Gasteiger partial charge in [-0.15, -0.1) is 0 Å². The molecule has 0 saturated carbocycles. The van der Waals surface area contributed by atoms with E-state index in [1.165, 1.54) is 23.2 Å². The molecular formula is C33H34N4O5. The Balaban J connectivity index is 1.37. The molecule has 0 unspecified atom stereocenters. The minimum absolute atomic E-state index is 0.181. The van der Waals surface area contributed by atoms with Crippen LogP contribution in [-0.4, -0.2) is 48.0 Å². The average Bonchev–Trinajstić information content (AvgIpc) is 2.99. The Hall–Kier alpha value is -5.05. The lowest BCUT2D eigenvalue weighted by atomic mass is 10.0. The summed E-state index contributed by atoms with van der Waals surface area (Å²) in [6, 6.07) is 16.9. The zero-order valence-corrected chi connectivity index (χ0v) is 24.4. The number of hydrogen-bond acceptors (Lipinski definition) is 7. The normalized spacial score (nSPS) is 11.0. The zero-order valence-electron chi connectivity index (χ0n) is 24.4. The first-order valence-electron chi connectivity index (χ1n) is 13.6. The molecule has 0 aliphatic heterocycles. The summed E-state index contributed by atoms with van der Waals surface area (Å²) in [7, 11) is 1.68. The van der Waals surface area contributed by atoms with Gasteiger partial charge in [-0.1, -0.05) is 30.3 Å². The first-order valence-corrected chi connectivity index (χ1v) is 13.6. The number of hydrogen-bond donors (Lipinski definition) is 1. The molecule has 0 saturated heterocycles. The van der Waals surface area contributed by atoms with E-state index in [9.17, 15) is 14.4 Å². The highest BCUT2D eigenvalue weighted by molar-refractivity contribution is 5.99. The summed E-state index contributed by atoms with van der Waals surface area (Å²) in [5.41, 5.74) is 6.21. The van der Waals surface area contributed by atoms with E-state index in [1.54, 1.807) is 26.1 Å². The highest BCUT2D eigenvalue weighted by atomic mass is 16.5. The lowest BCUT2D eigenvalue weighted by Crippen LogP contribution is -2.38. The number of amides is 2. The van der Waals surface area contributed by atoms with Crippen LogP contribution in [0.5, 0.6) is 5.75 Å². The van der Waals surface area contributed by atoms with E-state index in [4.69, 9.17) is 9.47 Å². The van der Waals surface area contributed by atoms with Crippen LogP contribution in [0.1, 0.15) is 45.4 Å². The minimum Gasteiger partial charge on any atom is -0.487 e. The quantitative estimate of drug-likeness (QED) is 0.210. The van der Waals surface area contributed by atoms with Gasteiger partial charge in [-0.25, -0.2) is 14.8 Å². The van der Waals surface area contributed by atoms with E-state index < -0.39 is 11.9 Å². The molecule has 9 nitrogen and oxygen atoms in total. The number of carbonyl (C=O) groups excluding carboxylic acids is 3. The molecule has 9 heteroatoms. The van der Waals surface area contributed by atoms with Crippen molar-refractivity contribution in [2.24, 2.45) is 0 Å². The maximum absolute atomic E-state index is 13.0. The highest BCUT2D eigenvalue weighted by Crippen LogP contribution is 2.29. The lowest BCUT2D eigenvalue weighted by Gasteiger charge is -2.23. The molecule has 0 aliphatic rings. The number of anilines is 1. The van der Waals surface area contributed by atoms with Crippen molar-refractivity contribution in [3.63, 3.8) is 0 Å². The fraction of sp³-hybridized carbons (Fsp3) is 0.242. The number of rotatable bonds is 10. The molecule has 4 aromatic rings. The molecule has 4 rings (SSSR count). The Bertz CT molecular complexity index is 1650. The summed E-state index contributed by atoms with van der Waals surface area (Å²) in [4.78, 5) is 47.3. The third-order valence-electron chi connectivity index (χ3n) is 6.85. The number of aromatic nitrogens is 2. The van der Waals surface area contributed by atoms with Gasteiger partial charge in [0, 0.05) is 36.1 Å². The molecule has 2 aromatic carbocycles. The molecule has 42 heavy (non-hydrogen) atoms. The van der Waals surface area contributed by atoms with Gasteiger partial charge < -0.3 is 19.7 Å². The van der Waals surface area contributed by atoms with Gasteiger partial charge in [0.05, 0.1) is 13.2 Å². The van der Waals surface area contributed by atoms with Crippen LogP contribution >= 0.6 is 0 Å². The number of esters is 1. The minimum atomic E-state index is -0.506. The summed E-state index contributed by atoms with van der Waals surface area (Å²) < 4.78 is 11.1. The van der Waals surface area contributed by atoms with Gasteiger partial charge in [0.1, 0.15) is 23.6 Å². The highest BCUT2D eigenvalue weighted by Gasteiger charge is 2.17. The topological polar surface area (TPSA) is 111 Å². The van der Waals surface area contributed by atoms with E-state index in [-0.39, 0.29) is 24.8 Å². The third kappa shape index (κ3) is 7.17. The van der Waals surface area contributed by atoms with Crippen LogP contribution in [0.15, 0.2) is 66.9 Å². The number of nitrogens with one attached hydrogen (secondary N) is 1. The van der Waals surface area contributed by atoms with Crippen LogP contribution < -0.4 is 15.0 Å². The van der Waals surface area contributed by atoms with E-state index in [0.29, 0.717) is 17.9 Å². The number of carbonyl (C=O) groups is 3. The Morgan fingerprint density at radius 3 is 2.55 bits per heavy atom. The molecule has 0 fully saturated rings. The van der Waals surface area contributed by atoms with Crippen molar-refractivity contribution in [3.8, 4) is 5.75 Å². The number of pyridine rings is 2. The average molecular weight is 567 g/mol. The molecule has 2 heterocycles. The largest absolute Gasteiger partial charge is 0.487 e. The molecule has 0 aliphatic carbocycles. The molecule has 0 bridgehead atoms. The Kier molecular flexibility index (Phi) is 9.65. The second-order valence-corrected chi connectivity index (χ2v) is 9.78. The second kappa shape index (κ2) is 13.5. The van der Waals surface area contributed by atoms with E-state index in [0.717, 1.165) is 39.0 Å². The smallest absolute Gasteiger partial charge is 0.356 e. The van der Waals surface area contributed by atoms with Gasteiger partial charge >= 0.3 is 5.97 Å². The molecule has 0 spiro atoms. The number of benzene rings is 2. The van der Waals surface area contributed by atoms with Crippen molar-refractivity contribution in [2.45, 2.75) is 34.3 Å². The van der Waals surface area contributed by atoms with Gasteiger partial charge in [-0.05, 0) is 80.3 Å². The Morgan fingerprint density at radius 1 is 1.00 bits per heavy atom. The Morgan fingerprint density at radius 2 is 1.81 bits per heavy atom. The molecular weight excluding hydrogens is 532 g/mol. The number of ether oxygens (including phenoxy) is 2. The summed E-state index contributed by atoms with van der Waals surface area (Å²) >= 11 is 0. The molecule has 2 amide bonds. The summed E-state index contributed by atoms with van der Waals surface area (Å²) in [6.07, 6.45) is 4.33. The van der Waals surface area contributed by atoms with Gasteiger partial charge in [0.2, 0.25) is 11.8 Å². The SMILES string of the molecule is CCOC(=O)c1ccc(C=CC(=O)NCC(=O)N(C)c2ccc(C)c(COc3cccc4ccc(C)nc34)c2C)cn1.